The van der Waals surface area contributed by atoms with E-state index in [1.54, 1.807) is 26.2 Å². The molecule has 2 aromatic rings. The molecule has 140 valence electrons. The van der Waals surface area contributed by atoms with Crippen molar-refractivity contribution in [3.8, 4) is 5.75 Å². The van der Waals surface area contributed by atoms with Gasteiger partial charge in [-0.1, -0.05) is 25.1 Å². The monoisotopic (exact) mass is 365 g/mol. The predicted molar refractivity (Wildman–Crippen MR) is 104 cm³/mol. The number of amides is 1. The Balaban J connectivity index is 2.22. The first-order chi connectivity index (χ1) is 12.9. The Hall–Kier alpha value is -3.08. The molecule has 0 spiro atoms. The average molecular weight is 365 g/mol. The van der Waals surface area contributed by atoms with Crippen LogP contribution in [0.5, 0.6) is 5.75 Å². The van der Waals surface area contributed by atoms with Crippen LogP contribution in [0.1, 0.15) is 36.1 Å². The Kier molecular flexibility index (Phi) is 5.04. The van der Waals surface area contributed by atoms with Crippen molar-refractivity contribution in [3.05, 3.63) is 70.5 Å². The summed E-state index contributed by atoms with van der Waals surface area (Å²) in [6.45, 7) is 5.61. The third-order valence-corrected chi connectivity index (χ3v) is 4.72. The summed E-state index contributed by atoms with van der Waals surface area (Å²) < 4.78 is 5.30. The van der Waals surface area contributed by atoms with Crippen molar-refractivity contribution < 1.29 is 19.4 Å². The Labute approximate surface area is 158 Å². The maximum Gasteiger partial charge on any atom is 0.294 e. The maximum atomic E-state index is 12.9. The van der Waals surface area contributed by atoms with Crippen molar-refractivity contribution >= 4 is 17.4 Å². The zero-order valence-corrected chi connectivity index (χ0v) is 15.9. The second-order valence-electron chi connectivity index (χ2n) is 6.74. The Bertz CT molecular complexity index is 925. The SMILES string of the molecule is CCC(=O)C1=C(O)C(=O)N(c2cc(C)cc(C)c2)C1c1cccc(OC)c1. The van der Waals surface area contributed by atoms with Crippen molar-refractivity contribution in [1.82, 2.24) is 0 Å². The Morgan fingerprint density at radius 1 is 1.15 bits per heavy atom. The standard InChI is InChI=1S/C22H23NO4/c1-5-18(24)19-20(15-7-6-8-17(12-15)27-4)23(22(26)21(19)25)16-10-13(2)9-14(3)11-16/h6-12,20,25H,5H2,1-4H3. The van der Waals surface area contributed by atoms with E-state index in [-0.39, 0.29) is 17.8 Å². The summed E-state index contributed by atoms with van der Waals surface area (Å²) in [5.74, 6) is -0.672. The van der Waals surface area contributed by atoms with Gasteiger partial charge in [-0.25, -0.2) is 0 Å². The van der Waals surface area contributed by atoms with E-state index in [1.807, 2.05) is 44.2 Å². The summed E-state index contributed by atoms with van der Waals surface area (Å²) >= 11 is 0. The van der Waals surface area contributed by atoms with Gasteiger partial charge in [0.05, 0.1) is 18.7 Å². The fraction of sp³-hybridized carbons (Fsp3) is 0.273. The van der Waals surface area contributed by atoms with Gasteiger partial charge in [0.1, 0.15) is 5.75 Å². The molecule has 1 aliphatic rings. The number of benzene rings is 2. The number of carbonyl (C=O) groups is 2. The number of hydrogen-bond acceptors (Lipinski definition) is 4. The summed E-state index contributed by atoms with van der Waals surface area (Å²) in [4.78, 5) is 27.0. The molecule has 5 nitrogen and oxygen atoms in total. The number of carbonyl (C=O) groups excluding carboxylic acids is 2. The number of hydrogen-bond donors (Lipinski definition) is 1. The second-order valence-corrected chi connectivity index (χ2v) is 6.74. The molecule has 1 aliphatic heterocycles. The van der Waals surface area contributed by atoms with E-state index >= 15 is 0 Å². The van der Waals surface area contributed by atoms with Gasteiger partial charge < -0.3 is 9.84 Å². The van der Waals surface area contributed by atoms with Gasteiger partial charge in [-0.05, 0) is 54.8 Å². The number of rotatable bonds is 5. The molecule has 1 N–H and O–H groups in total. The van der Waals surface area contributed by atoms with E-state index in [1.165, 1.54) is 4.90 Å². The van der Waals surface area contributed by atoms with Crippen LogP contribution in [-0.4, -0.2) is 23.9 Å². The molecule has 0 saturated carbocycles. The minimum atomic E-state index is -0.693. The molecule has 3 rings (SSSR count). The van der Waals surface area contributed by atoms with E-state index in [0.29, 0.717) is 17.0 Å². The predicted octanol–water partition coefficient (Wildman–Crippen LogP) is 4.19. The highest BCUT2D eigenvalue weighted by Crippen LogP contribution is 2.42. The van der Waals surface area contributed by atoms with Gasteiger partial charge in [0.2, 0.25) is 0 Å². The zero-order chi connectivity index (χ0) is 19.7. The summed E-state index contributed by atoms with van der Waals surface area (Å²) in [7, 11) is 1.56. The van der Waals surface area contributed by atoms with E-state index in [9.17, 15) is 14.7 Å². The van der Waals surface area contributed by atoms with Gasteiger partial charge in [-0.3, -0.25) is 14.5 Å². The van der Waals surface area contributed by atoms with Crippen molar-refractivity contribution in [2.45, 2.75) is 33.2 Å². The number of ketones is 1. The fourth-order valence-corrected chi connectivity index (χ4v) is 3.56. The molecular formula is C22H23NO4. The number of aliphatic hydroxyl groups excluding tert-OH is 1. The van der Waals surface area contributed by atoms with Crippen LogP contribution in [0, 0.1) is 13.8 Å². The van der Waals surface area contributed by atoms with E-state index in [0.717, 1.165) is 11.1 Å². The number of aryl methyl sites for hydroxylation is 2. The lowest BCUT2D eigenvalue weighted by Crippen LogP contribution is -2.31. The maximum absolute atomic E-state index is 12.9. The lowest BCUT2D eigenvalue weighted by Gasteiger charge is -2.27. The van der Waals surface area contributed by atoms with Crippen molar-refractivity contribution in [3.63, 3.8) is 0 Å². The normalized spacial score (nSPS) is 16.8. The first kappa shape index (κ1) is 18.7. The van der Waals surface area contributed by atoms with Gasteiger partial charge >= 0.3 is 0 Å². The van der Waals surface area contributed by atoms with Crippen LogP contribution in [0.2, 0.25) is 0 Å². The van der Waals surface area contributed by atoms with Crippen LogP contribution in [-0.2, 0) is 9.59 Å². The molecule has 27 heavy (non-hydrogen) atoms. The molecule has 1 unspecified atom stereocenters. The van der Waals surface area contributed by atoms with Crippen LogP contribution in [0.25, 0.3) is 0 Å². The first-order valence-electron chi connectivity index (χ1n) is 8.89. The lowest BCUT2D eigenvalue weighted by molar-refractivity contribution is -0.118. The van der Waals surface area contributed by atoms with Crippen molar-refractivity contribution in [1.29, 1.82) is 0 Å². The number of aliphatic hydroxyl groups is 1. The van der Waals surface area contributed by atoms with Crippen LogP contribution >= 0.6 is 0 Å². The second kappa shape index (κ2) is 7.27. The van der Waals surface area contributed by atoms with Crippen LogP contribution < -0.4 is 9.64 Å². The molecule has 0 saturated heterocycles. The van der Waals surface area contributed by atoms with Gasteiger partial charge in [0, 0.05) is 12.1 Å². The van der Waals surface area contributed by atoms with Gasteiger partial charge in [-0.15, -0.1) is 0 Å². The highest BCUT2D eigenvalue weighted by molar-refractivity contribution is 6.16. The highest BCUT2D eigenvalue weighted by Gasteiger charge is 2.44. The Morgan fingerprint density at radius 3 is 2.41 bits per heavy atom. The van der Waals surface area contributed by atoms with E-state index in [2.05, 4.69) is 0 Å². The third-order valence-electron chi connectivity index (χ3n) is 4.72. The van der Waals surface area contributed by atoms with Gasteiger partial charge in [-0.2, -0.15) is 0 Å². The van der Waals surface area contributed by atoms with Gasteiger partial charge in [0.15, 0.2) is 11.5 Å². The van der Waals surface area contributed by atoms with Crippen molar-refractivity contribution in [2.75, 3.05) is 12.0 Å². The first-order valence-corrected chi connectivity index (χ1v) is 8.89. The topological polar surface area (TPSA) is 66.8 Å². The number of nitrogens with zero attached hydrogens (tertiary/aromatic N) is 1. The van der Waals surface area contributed by atoms with E-state index in [4.69, 9.17) is 4.74 Å². The fourth-order valence-electron chi connectivity index (χ4n) is 3.56. The minimum absolute atomic E-state index is 0.134. The van der Waals surface area contributed by atoms with Gasteiger partial charge in [0.25, 0.3) is 5.91 Å². The zero-order valence-electron chi connectivity index (χ0n) is 15.9. The van der Waals surface area contributed by atoms with Crippen LogP contribution in [0.3, 0.4) is 0 Å². The molecule has 2 aromatic carbocycles. The summed E-state index contributed by atoms with van der Waals surface area (Å²) in [5.41, 5.74) is 3.49. The quantitative estimate of drug-likeness (QED) is 0.863. The number of anilines is 1. The van der Waals surface area contributed by atoms with Crippen LogP contribution in [0.15, 0.2) is 53.8 Å². The number of ether oxygens (including phenoxy) is 1. The lowest BCUT2D eigenvalue weighted by atomic mass is 9.94. The average Bonchev–Trinajstić information content (AvgIpc) is 2.91. The largest absolute Gasteiger partial charge is 0.503 e. The molecule has 0 radical (unpaired) electrons. The smallest absolute Gasteiger partial charge is 0.294 e. The number of methoxy groups -OCH3 is 1. The highest BCUT2D eigenvalue weighted by atomic mass is 16.5. The summed E-state index contributed by atoms with van der Waals surface area (Å²) in [5, 5.41) is 10.5. The molecule has 0 aliphatic carbocycles. The summed E-state index contributed by atoms with van der Waals surface area (Å²) in [6.07, 6.45) is 0.202. The van der Waals surface area contributed by atoms with E-state index < -0.39 is 17.7 Å². The molecule has 5 heteroatoms. The molecule has 1 amide bonds. The molecule has 1 heterocycles. The van der Waals surface area contributed by atoms with Crippen molar-refractivity contribution in [2.24, 2.45) is 0 Å². The Morgan fingerprint density at radius 2 is 1.81 bits per heavy atom. The molecule has 0 bridgehead atoms. The van der Waals surface area contributed by atoms with Crippen LogP contribution in [0.4, 0.5) is 5.69 Å². The molecule has 0 aromatic heterocycles. The minimum Gasteiger partial charge on any atom is -0.503 e. The molecular weight excluding hydrogens is 342 g/mol. The molecule has 1 atom stereocenters. The summed E-state index contributed by atoms with van der Waals surface area (Å²) in [6, 6.07) is 12.3. The third kappa shape index (κ3) is 3.33. The number of Topliss-reactive ketones (excluding diaryl/α,β-unsaturated/α-hetero) is 1. The molecule has 0 fully saturated rings.